The molecule has 0 aliphatic carbocycles. The zero-order valence-corrected chi connectivity index (χ0v) is 14.4. The van der Waals surface area contributed by atoms with Gasteiger partial charge >= 0.3 is 11.6 Å². The number of halogens is 1. The van der Waals surface area contributed by atoms with E-state index in [9.17, 15) is 14.4 Å². The summed E-state index contributed by atoms with van der Waals surface area (Å²) < 4.78 is 15.1. The van der Waals surface area contributed by atoms with Gasteiger partial charge in [0.05, 0.1) is 6.42 Å². The van der Waals surface area contributed by atoms with Crippen molar-refractivity contribution < 1.29 is 23.5 Å². The van der Waals surface area contributed by atoms with Crippen molar-refractivity contribution >= 4 is 34.4 Å². The molecular formula is C17H18ClNO6. The maximum absolute atomic E-state index is 12.1. The molecule has 2 aromatic rings. The Hall–Kier alpha value is -2.38. The van der Waals surface area contributed by atoms with Crippen molar-refractivity contribution in [3.8, 4) is 5.75 Å². The summed E-state index contributed by atoms with van der Waals surface area (Å²) >= 11 is 5.47. The molecule has 0 radical (unpaired) electrons. The van der Waals surface area contributed by atoms with Gasteiger partial charge in [-0.25, -0.2) is 4.79 Å². The van der Waals surface area contributed by atoms with E-state index in [1.807, 2.05) is 0 Å². The van der Waals surface area contributed by atoms with Crippen LogP contribution in [0.4, 0.5) is 0 Å². The van der Waals surface area contributed by atoms with Crippen LogP contribution >= 0.6 is 11.6 Å². The first-order chi connectivity index (χ1) is 12.0. The average Bonchev–Trinajstić information content (AvgIpc) is 2.58. The number of rotatable bonds is 8. The summed E-state index contributed by atoms with van der Waals surface area (Å²) in [5.74, 6) is -0.597. The Bertz CT molecular complexity index is 816. The van der Waals surface area contributed by atoms with Crippen LogP contribution in [0.15, 0.2) is 33.5 Å². The monoisotopic (exact) mass is 367 g/mol. The van der Waals surface area contributed by atoms with Gasteiger partial charge in [-0.05, 0) is 24.6 Å². The molecular weight excluding hydrogens is 350 g/mol. The fourth-order valence-corrected chi connectivity index (χ4v) is 2.24. The molecule has 0 atom stereocenters. The van der Waals surface area contributed by atoms with E-state index in [0.29, 0.717) is 25.0 Å². The molecule has 134 valence electrons. The number of methoxy groups -OCH3 is 1. The molecule has 8 heteroatoms. The topological polar surface area (TPSA) is 94.8 Å². The minimum absolute atomic E-state index is 0.0751. The van der Waals surface area contributed by atoms with Crippen LogP contribution in [0, 0.1) is 0 Å². The smallest absolute Gasteiger partial charge is 0.349 e. The van der Waals surface area contributed by atoms with Gasteiger partial charge in [-0.1, -0.05) is 0 Å². The molecule has 1 aromatic carbocycles. The van der Waals surface area contributed by atoms with Crippen LogP contribution in [0.25, 0.3) is 11.0 Å². The van der Waals surface area contributed by atoms with Crippen molar-refractivity contribution in [1.82, 2.24) is 5.32 Å². The fraction of sp³-hybridized carbons (Fsp3) is 0.353. The van der Waals surface area contributed by atoms with E-state index in [4.69, 9.17) is 25.5 Å². The van der Waals surface area contributed by atoms with Gasteiger partial charge in [0.15, 0.2) is 0 Å². The highest BCUT2D eigenvalue weighted by molar-refractivity contribution is 6.18. The van der Waals surface area contributed by atoms with E-state index < -0.39 is 17.5 Å². The molecule has 0 unspecified atom stereocenters. The van der Waals surface area contributed by atoms with E-state index in [1.54, 1.807) is 19.2 Å². The van der Waals surface area contributed by atoms with E-state index in [1.165, 1.54) is 12.1 Å². The third kappa shape index (κ3) is 5.30. The van der Waals surface area contributed by atoms with Crippen LogP contribution in [0.5, 0.6) is 5.75 Å². The fourth-order valence-electron chi connectivity index (χ4n) is 2.09. The van der Waals surface area contributed by atoms with Crippen molar-refractivity contribution in [2.75, 3.05) is 26.1 Å². The number of alkyl halides is 1. The number of fused-ring (bicyclic) bond motifs is 1. The molecule has 7 nitrogen and oxygen atoms in total. The Morgan fingerprint density at radius 3 is 2.80 bits per heavy atom. The molecule has 2 rings (SSSR count). The lowest BCUT2D eigenvalue weighted by Gasteiger charge is -2.06. The zero-order chi connectivity index (χ0) is 18.2. The van der Waals surface area contributed by atoms with E-state index in [0.717, 1.165) is 0 Å². The van der Waals surface area contributed by atoms with Crippen LogP contribution in [0.1, 0.15) is 23.2 Å². The van der Waals surface area contributed by atoms with Crippen molar-refractivity contribution in [1.29, 1.82) is 0 Å². The Kier molecular flexibility index (Phi) is 6.97. The number of carbonyl (C=O) groups is 2. The first-order valence-corrected chi connectivity index (χ1v) is 8.20. The highest BCUT2D eigenvalue weighted by Gasteiger charge is 2.14. The lowest BCUT2D eigenvalue weighted by molar-refractivity contribution is -0.133. The Morgan fingerprint density at radius 1 is 1.28 bits per heavy atom. The van der Waals surface area contributed by atoms with Crippen molar-refractivity contribution in [3.63, 3.8) is 0 Å². The van der Waals surface area contributed by atoms with Crippen LogP contribution < -0.4 is 15.7 Å². The molecule has 0 saturated heterocycles. The average molecular weight is 368 g/mol. The van der Waals surface area contributed by atoms with Gasteiger partial charge in [-0.15, -0.1) is 11.6 Å². The number of hydrogen-bond donors (Lipinski definition) is 1. The standard InChI is InChI=1S/C17H18ClNO6/c1-23-8-2-7-19-16(21)13-9-11-3-4-12(24-15(20)5-6-18)10-14(11)25-17(13)22/h3-4,9-10H,2,5-8H2,1H3,(H,19,21). The van der Waals surface area contributed by atoms with Crippen molar-refractivity contribution in [2.24, 2.45) is 0 Å². The second-order valence-electron chi connectivity index (χ2n) is 5.16. The van der Waals surface area contributed by atoms with Gasteiger partial charge < -0.3 is 19.2 Å². The number of nitrogens with one attached hydrogen (secondary N) is 1. The molecule has 0 spiro atoms. The maximum Gasteiger partial charge on any atom is 0.349 e. The summed E-state index contributed by atoms with van der Waals surface area (Å²) in [6, 6.07) is 6.01. The minimum Gasteiger partial charge on any atom is -0.426 e. The van der Waals surface area contributed by atoms with Gasteiger partial charge in [0.25, 0.3) is 5.91 Å². The number of ether oxygens (including phenoxy) is 2. The number of benzene rings is 1. The molecule has 25 heavy (non-hydrogen) atoms. The first-order valence-electron chi connectivity index (χ1n) is 7.67. The van der Waals surface area contributed by atoms with Crippen LogP contribution in [-0.2, 0) is 9.53 Å². The van der Waals surface area contributed by atoms with Crippen molar-refractivity contribution in [2.45, 2.75) is 12.8 Å². The molecule has 1 aromatic heterocycles. The molecule has 0 bridgehead atoms. The highest BCUT2D eigenvalue weighted by atomic mass is 35.5. The molecule has 1 heterocycles. The zero-order valence-electron chi connectivity index (χ0n) is 13.7. The summed E-state index contributed by atoms with van der Waals surface area (Å²) in [5, 5.41) is 3.17. The van der Waals surface area contributed by atoms with Crippen LogP contribution in [0.3, 0.4) is 0 Å². The van der Waals surface area contributed by atoms with E-state index >= 15 is 0 Å². The van der Waals surface area contributed by atoms with E-state index in [2.05, 4.69) is 5.32 Å². The minimum atomic E-state index is -0.763. The second kappa shape index (κ2) is 9.19. The third-order valence-corrected chi connectivity index (χ3v) is 3.48. The van der Waals surface area contributed by atoms with Gasteiger partial charge in [0.1, 0.15) is 16.9 Å². The summed E-state index contributed by atoms with van der Waals surface area (Å²) in [4.78, 5) is 35.5. The predicted molar refractivity (Wildman–Crippen MR) is 92.3 cm³/mol. The third-order valence-electron chi connectivity index (χ3n) is 3.29. The normalized spacial score (nSPS) is 10.6. The van der Waals surface area contributed by atoms with Crippen LogP contribution in [0.2, 0.25) is 0 Å². The maximum atomic E-state index is 12.1. The lowest BCUT2D eigenvalue weighted by atomic mass is 10.1. The number of esters is 1. The molecule has 0 saturated carbocycles. The van der Waals surface area contributed by atoms with Gasteiger partial charge in [-0.3, -0.25) is 9.59 Å². The number of carbonyl (C=O) groups excluding carboxylic acids is 2. The second-order valence-corrected chi connectivity index (χ2v) is 5.54. The largest absolute Gasteiger partial charge is 0.426 e. The quantitative estimate of drug-likeness (QED) is 0.252. The number of hydrogen-bond acceptors (Lipinski definition) is 6. The Balaban J connectivity index is 2.17. The molecule has 0 aliphatic rings. The summed E-state index contributed by atoms with van der Waals surface area (Å²) in [5.41, 5.74) is -0.630. The Labute approximate surface area is 148 Å². The van der Waals surface area contributed by atoms with Gasteiger partial charge in [0, 0.05) is 37.6 Å². The summed E-state index contributed by atoms with van der Waals surface area (Å²) in [6.45, 7) is 0.900. The lowest BCUT2D eigenvalue weighted by Crippen LogP contribution is -2.29. The number of amides is 1. The predicted octanol–water partition coefficient (Wildman–Crippen LogP) is 2.09. The van der Waals surface area contributed by atoms with Crippen molar-refractivity contribution in [3.05, 3.63) is 40.2 Å². The van der Waals surface area contributed by atoms with Crippen LogP contribution in [-0.4, -0.2) is 38.0 Å². The molecule has 0 fully saturated rings. The Morgan fingerprint density at radius 2 is 2.08 bits per heavy atom. The SMILES string of the molecule is COCCCNC(=O)c1cc2ccc(OC(=O)CCCl)cc2oc1=O. The molecule has 1 amide bonds. The summed E-state index contributed by atoms with van der Waals surface area (Å²) in [7, 11) is 1.57. The van der Waals surface area contributed by atoms with E-state index in [-0.39, 0.29) is 29.2 Å². The highest BCUT2D eigenvalue weighted by Crippen LogP contribution is 2.21. The van der Waals surface area contributed by atoms with Gasteiger partial charge in [0.2, 0.25) is 0 Å². The summed E-state index contributed by atoms with van der Waals surface area (Å²) in [6.07, 6.45) is 0.712. The molecule has 1 N–H and O–H groups in total. The first kappa shape index (κ1) is 19.0. The molecule has 0 aliphatic heterocycles. The van der Waals surface area contributed by atoms with Gasteiger partial charge in [-0.2, -0.15) is 0 Å².